The maximum Gasteiger partial charge on any atom is 0.335 e. The molecule has 136 valence electrons. The predicted octanol–water partition coefficient (Wildman–Crippen LogP) is 2.38. The fourth-order valence-corrected chi connectivity index (χ4v) is 2.84. The summed E-state index contributed by atoms with van der Waals surface area (Å²) in [5, 5.41) is 3.74. The van der Waals surface area contributed by atoms with Crippen LogP contribution in [-0.4, -0.2) is 37.8 Å². The zero-order valence-corrected chi connectivity index (χ0v) is 14.2. The number of aromatic nitrogens is 2. The van der Waals surface area contributed by atoms with E-state index in [1.807, 2.05) is 6.07 Å². The van der Waals surface area contributed by atoms with Gasteiger partial charge in [0.2, 0.25) is 11.7 Å². The molecule has 0 bridgehead atoms. The van der Waals surface area contributed by atoms with Gasteiger partial charge in [-0.2, -0.15) is 4.98 Å². The van der Waals surface area contributed by atoms with Crippen LogP contribution in [-0.2, 0) is 16.1 Å². The van der Waals surface area contributed by atoms with E-state index in [2.05, 4.69) is 10.1 Å². The number of carbonyl (C=O) groups is 3. The number of urea groups is 1. The highest BCUT2D eigenvalue weighted by Crippen LogP contribution is 2.27. The standard InChI is InChI=1S/C18H14N4O5/c1-11(12-6-3-2-4-7-12)22-17(24)16(23)21(18(22)25)10-14-19-15(20-27-14)13-8-5-9-26-13/h2-9,11H,10H2,1H3. The summed E-state index contributed by atoms with van der Waals surface area (Å²) in [6, 6.07) is 11.0. The first-order chi connectivity index (χ1) is 13.1. The highest BCUT2D eigenvalue weighted by Gasteiger charge is 2.47. The minimum atomic E-state index is -0.930. The summed E-state index contributed by atoms with van der Waals surface area (Å²) >= 11 is 0. The SMILES string of the molecule is CC(c1ccccc1)N1C(=O)C(=O)N(Cc2nc(-c3ccco3)no2)C1=O. The number of furan rings is 1. The van der Waals surface area contributed by atoms with E-state index >= 15 is 0 Å². The molecule has 1 fully saturated rings. The molecule has 3 aromatic rings. The molecule has 0 aliphatic carbocycles. The Morgan fingerprint density at radius 2 is 1.81 bits per heavy atom. The third kappa shape index (κ3) is 2.88. The van der Waals surface area contributed by atoms with Crippen LogP contribution in [0, 0.1) is 0 Å². The summed E-state index contributed by atoms with van der Waals surface area (Å²) in [7, 11) is 0. The van der Waals surface area contributed by atoms with Crippen LogP contribution in [0.2, 0.25) is 0 Å². The number of rotatable bonds is 5. The number of imide groups is 2. The number of hydrogen-bond acceptors (Lipinski definition) is 7. The number of carbonyl (C=O) groups excluding carboxylic acids is 3. The van der Waals surface area contributed by atoms with E-state index in [0.29, 0.717) is 5.76 Å². The van der Waals surface area contributed by atoms with E-state index in [-0.39, 0.29) is 18.3 Å². The Morgan fingerprint density at radius 3 is 2.52 bits per heavy atom. The van der Waals surface area contributed by atoms with Crippen molar-refractivity contribution in [2.45, 2.75) is 19.5 Å². The first-order valence-corrected chi connectivity index (χ1v) is 8.16. The van der Waals surface area contributed by atoms with Crippen LogP contribution in [0.3, 0.4) is 0 Å². The molecule has 0 radical (unpaired) electrons. The Kier molecular flexibility index (Phi) is 4.03. The van der Waals surface area contributed by atoms with Crippen molar-refractivity contribution in [2.75, 3.05) is 0 Å². The molecule has 1 unspecified atom stereocenters. The molecular weight excluding hydrogens is 352 g/mol. The molecule has 1 aliphatic rings. The molecule has 4 amide bonds. The van der Waals surface area contributed by atoms with Gasteiger partial charge in [-0.25, -0.2) is 14.6 Å². The van der Waals surface area contributed by atoms with Gasteiger partial charge in [0.15, 0.2) is 5.76 Å². The van der Waals surface area contributed by atoms with E-state index in [1.165, 1.54) is 6.26 Å². The smallest absolute Gasteiger partial charge is 0.335 e. The molecule has 4 rings (SSSR count). The van der Waals surface area contributed by atoms with Crippen LogP contribution < -0.4 is 0 Å². The van der Waals surface area contributed by atoms with Crippen molar-refractivity contribution in [1.29, 1.82) is 0 Å². The van der Waals surface area contributed by atoms with E-state index in [1.54, 1.807) is 43.3 Å². The van der Waals surface area contributed by atoms with Gasteiger partial charge < -0.3 is 8.94 Å². The van der Waals surface area contributed by atoms with Gasteiger partial charge in [-0.05, 0) is 24.6 Å². The molecule has 9 nitrogen and oxygen atoms in total. The molecule has 9 heteroatoms. The highest BCUT2D eigenvalue weighted by molar-refractivity contribution is 6.44. The lowest BCUT2D eigenvalue weighted by Gasteiger charge is -2.21. The monoisotopic (exact) mass is 366 g/mol. The average Bonchev–Trinajstić information content (AvgIpc) is 3.40. The lowest BCUT2D eigenvalue weighted by molar-refractivity contribution is -0.144. The van der Waals surface area contributed by atoms with Gasteiger partial charge in [-0.3, -0.25) is 9.59 Å². The van der Waals surface area contributed by atoms with E-state index in [9.17, 15) is 14.4 Å². The summed E-state index contributed by atoms with van der Waals surface area (Å²) in [6.45, 7) is 1.39. The summed E-state index contributed by atoms with van der Waals surface area (Å²) in [5.74, 6) is -1.22. The first-order valence-electron chi connectivity index (χ1n) is 8.16. The second kappa shape index (κ2) is 6.52. The van der Waals surface area contributed by atoms with Crippen molar-refractivity contribution < 1.29 is 23.3 Å². The Bertz CT molecular complexity index is 996. The van der Waals surface area contributed by atoms with E-state index < -0.39 is 23.9 Å². The fourth-order valence-electron chi connectivity index (χ4n) is 2.84. The highest BCUT2D eigenvalue weighted by atomic mass is 16.5. The lowest BCUT2D eigenvalue weighted by Crippen LogP contribution is -2.35. The van der Waals surface area contributed by atoms with Gasteiger partial charge in [0.1, 0.15) is 6.54 Å². The van der Waals surface area contributed by atoms with Crippen LogP contribution >= 0.6 is 0 Å². The molecule has 0 spiro atoms. The van der Waals surface area contributed by atoms with Crippen molar-refractivity contribution >= 4 is 17.8 Å². The predicted molar refractivity (Wildman–Crippen MR) is 89.6 cm³/mol. The second-order valence-corrected chi connectivity index (χ2v) is 5.92. The largest absolute Gasteiger partial charge is 0.461 e. The number of hydrogen-bond donors (Lipinski definition) is 0. The van der Waals surface area contributed by atoms with Crippen molar-refractivity contribution in [2.24, 2.45) is 0 Å². The molecular formula is C18H14N4O5. The summed E-state index contributed by atoms with van der Waals surface area (Å²) in [4.78, 5) is 43.2. The van der Waals surface area contributed by atoms with Crippen LogP contribution in [0.1, 0.15) is 24.4 Å². The van der Waals surface area contributed by atoms with Gasteiger partial charge >= 0.3 is 17.8 Å². The Labute approximate surface area is 153 Å². The average molecular weight is 366 g/mol. The lowest BCUT2D eigenvalue weighted by atomic mass is 10.1. The number of nitrogens with zero attached hydrogens (tertiary/aromatic N) is 4. The van der Waals surface area contributed by atoms with Crippen molar-refractivity contribution in [3.8, 4) is 11.6 Å². The second-order valence-electron chi connectivity index (χ2n) is 5.92. The topological polar surface area (TPSA) is 110 Å². The van der Waals surface area contributed by atoms with Crippen molar-refractivity contribution in [3.05, 3.63) is 60.2 Å². The minimum Gasteiger partial charge on any atom is -0.461 e. The third-order valence-corrected chi connectivity index (χ3v) is 4.26. The molecule has 1 atom stereocenters. The van der Waals surface area contributed by atoms with Crippen LogP contribution in [0.25, 0.3) is 11.6 Å². The minimum absolute atomic E-state index is 0.0186. The number of benzene rings is 1. The Hall–Kier alpha value is -3.75. The zero-order valence-electron chi connectivity index (χ0n) is 14.2. The van der Waals surface area contributed by atoms with Crippen LogP contribution in [0.15, 0.2) is 57.7 Å². The Morgan fingerprint density at radius 1 is 1.04 bits per heavy atom. The van der Waals surface area contributed by atoms with Crippen LogP contribution in [0.5, 0.6) is 0 Å². The molecule has 0 N–H and O–H groups in total. The zero-order chi connectivity index (χ0) is 19.0. The quantitative estimate of drug-likeness (QED) is 0.503. The van der Waals surface area contributed by atoms with Gasteiger partial charge in [0.05, 0.1) is 12.3 Å². The van der Waals surface area contributed by atoms with Crippen molar-refractivity contribution in [3.63, 3.8) is 0 Å². The Balaban J connectivity index is 1.55. The van der Waals surface area contributed by atoms with E-state index in [4.69, 9.17) is 8.94 Å². The van der Waals surface area contributed by atoms with Crippen molar-refractivity contribution in [1.82, 2.24) is 19.9 Å². The summed E-state index contributed by atoms with van der Waals surface area (Å²) < 4.78 is 10.2. The normalized spacial score (nSPS) is 15.7. The van der Waals surface area contributed by atoms with Gasteiger partial charge in [-0.15, -0.1) is 0 Å². The van der Waals surface area contributed by atoms with Gasteiger partial charge in [0, 0.05) is 0 Å². The molecule has 1 aromatic carbocycles. The molecule has 0 saturated carbocycles. The first kappa shape index (κ1) is 16.7. The molecule has 2 aromatic heterocycles. The van der Waals surface area contributed by atoms with Gasteiger partial charge in [0.25, 0.3) is 0 Å². The summed E-state index contributed by atoms with van der Waals surface area (Å²) in [6.07, 6.45) is 1.46. The fraction of sp³-hybridized carbons (Fsp3) is 0.167. The van der Waals surface area contributed by atoms with Crippen LogP contribution in [0.4, 0.5) is 4.79 Å². The molecule has 1 aliphatic heterocycles. The number of amides is 4. The molecule has 27 heavy (non-hydrogen) atoms. The van der Waals surface area contributed by atoms with Gasteiger partial charge in [-0.1, -0.05) is 35.5 Å². The maximum absolute atomic E-state index is 12.7. The third-order valence-electron chi connectivity index (χ3n) is 4.26. The summed E-state index contributed by atoms with van der Waals surface area (Å²) in [5.41, 5.74) is 0.742. The maximum atomic E-state index is 12.7. The molecule has 1 saturated heterocycles. The van der Waals surface area contributed by atoms with E-state index in [0.717, 1.165) is 15.4 Å². The molecule has 3 heterocycles.